The number of esters is 2. The fraction of sp³-hybridized carbons (Fsp3) is 0.194. The lowest BCUT2D eigenvalue weighted by atomic mass is 10.0. The van der Waals surface area contributed by atoms with E-state index in [4.69, 9.17) is 20.1 Å². The van der Waals surface area contributed by atoms with Gasteiger partial charge in [0.05, 0.1) is 35.9 Å². The van der Waals surface area contributed by atoms with Crippen LogP contribution < -0.4 is 21.3 Å². The van der Waals surface area contributed by atoms with E-state index < -0.39 is 33.6 Å². The number of anilines is 1. The molecule has 5 rings (SSSR count). The number of methoxy groups -OCH3 is 1. The molecule has 0 spiro atoms. The molecular weight excluding hydrogens is 709 g/mol. The van der Waals surface area contributed by atoms with Gasteiger partial charge in [0, 0.05) is 47.8 Å². The van der Waals surface area contributed by atoms with Gasteiger partial charge in [0.15, 0.2) is 23.0 Å². The molecule has 2 heterocycles. The van der Waals surface area contributed by atoms with Gasteiger partial charge in [-0.1, -0.05) is 6.07 Å². The number of ether oxygens (including phenoxy) is 3. The number of nitrogens with zero attached hydrogens (tertiary/aromatic N) is 4. The minimum atomic E-state index is -0.821. The van der Waals surface area contributed by atoms with Crippen LogP contribution in [-0.2, 0) is 9.47 Å². The minimum absolute atomic E-state index is 0.00852. The fourth-order valence-electron chi connectivity index (χ4n) is 5.35. The quantitative estimate of drug-likeness (QED) is 0.0556. The molecule has 4 N–H and O–H groups in total. The summed E-state index contributed by atoms with van der Waals surface area (Å²) in [6.45, 7) is 7.14. The van der Waals surface area contributed by atoms with E-state index in [1.54, 1.807) is 46.0 Å². The van der Waals surface area contributed by atoms with Gasteiger partial charge >= 0.3 is 18.0 Å². The highest BCUT2D eigenvalue weighted by atomic mass is 19.1. The number of urea groups is 1. The second kappa shape index (κ2) is 17.3. The summed E-state index contributed by atoms with van der Waals surface area (Å²) in [5, 5.41) is 23.9. The number of benzene rings is 3. The van der Waals surface area contributed by atoms with E-state index in [0.717, 1.165) is 15.8 Å². The zero-order valence-electron chi connectivity index (χ0n) is 29.7. The number of non-ortho nitro benzene ring substituents is 2. The Kier molecular flexibility index (Phi) is 12.7. The molecule has 0 aliphatic heterocycles. The van der Waals surface area contributed by atoms with Gasteiger partial charge in [-0.2, -0.15) is 0 Å². The van der Waals surface area contributed by atoms with Crippen molar-refractivity contribution in [3.8, 4) is 28.0 Å². The van der Waals surface area contributed by atoms with Crippen LogP contribution in [0.1, 0.15) is 46.0 Å². The molecule has 0 atom stereocenters. The van der Waals surface area contributed by atoms with Crippen LogP contribution in [0.5, 0.6) is 5.75 Å². The van der Waals surface area contributed by atoms with E-state index in [-0.39, 0.29) is 47.4 Å². The van der Waals surface area contributed by atoms with Crippen molar-refractivity contribution in [3.63, 3.8) is 0 Å². The second-order valence-corrected chi connectivity index (χ2v) is 11.2. The minimum Gasteiger partial charge on any atom is -0.494 e. The third kappa shape index (κ3) is 8.79. The molecule has 0 fully saturated rings. The molecular formula is C36H36FN7O10. The summed E-state index contributed by atoms with van der Waals surface area (Å²) in [5.74, 6) is 3.82. The summed E-state index contributed by atoms with van der Waals surface area (Å²) in [6.07, 6.45) is 3.08. The zero-order chi connectivity index (χ0) is 39.7. The molecule has 282 valence electrons. The molecule has 0 saturated carbocycles. The Hall–Kier alpha value is -7.24. The van der Waals surface area contributed by atoms with E-state index in [1.165, 1.54) is 72.6 Å². The molecule has 2 amide bonds. The Balaban J connectivity index is 0.000000266. The van der Waals surface area contributed by atoms with Gasteiger partial charge in [-0.05, 0) is 86.3 Å². The normalized spacial score (nSPS) is 10.4. The molecule has 2 aromatic heterocycles. The average Bonchev–Trinajstić information content (AvgIpc) is 3.63. The maximum atomic E-state index is 14.4. The summed E-state index contributed by atoms with van der Waals surface area (Å²) in [5.41, 5.74) is 6.35. The molecule has 0 bridgehead atoms. The van der Waals surface area contributed by atoms with Gasteiger partial charge < -0.3 is 25.4 Å². The Morgan fingerprint density at radius 1 is 0.778 bits per heavy atom. The lowest BCUT2D eigenvalue weighted by Crippen LogP contribution is -2.30. The van der Waals surface area contributed by atoms with Crippen molar-refractivity contribution >= 4 is 35.0 Å². The molecule has 0 aliphatic carbocycles. The topological polar surface area (TPSA) is 225 Å². The molecule has 54 heavy (non-hydrogen) atoms. The smallest absolute Gasteiger partial charge is 0.357 e. The number of rotatable bonds is 11. The number of aromatic nitrogens is 2. The molecule has 0 unspecified atom stereocenters. The van der Waals surface area contributed by atoms with Crippen LogP contribution in [0.25, 0.3) is 22.3 Å². The predicted octanol–water partition coefficient (Wildman–Crippen LogP) is 6.73. The summed E-state index contributed by atoms with van der Waals surface area (Å²) in [4.78, 5) is 57.6. The van der Waals surface area contributed by atoms with Gasteiger partial charge in [-0.3, -0.25) is 29.6 Å². The van der Waals surface area contributed by atoms with Crippen molar-refractivity contribution in [1.29, 1.82) is 0 Å². The van der Waals surface area contributed by atoms with E-state index >= 15 is 0 Å². The van der Waals surface area contributed by atoms with Crippen molar-refractivity contribution in [2.24, 2.45) is 0 Å². The van der Waals surface area contributed by atoms with Crippen LogP contribution in [0.4, 0.5) is 26.2 Å². The molecule has 18 heteroatoms. The first kappa shape index (κ1) is 39.5. The summed E-state index contributed by atoms with van der Waals surface area (Å²) < 4.78 is 31.7. The summed E-state index contributed by atoms with van der Waals surface area (Å²) in [7, 11) is 1.30. The third-order valence-corrected chi connectivity index (χ3v) is 7.91. The maximum Gasteiger partial charge on any atom is 0.357 e. The Bertz CT molecular complexity index is 2200. The van der Waals surface area contributed by atoms with Gasteiger partial charge in [0.25, 0.3) is 11.4 Å². The Labute approximate surface area is 307 Å². The standard InChI is InChI=1S/C22H21FN4O6.C14H15N3O4/c1-4-33-21(28)20-13(2)16(14-8-10-15(11-9-14)27(30)31)12-26(20)25-22(29)24-17-6-5-7-18(32-3)19(17)23;1-3-21-14(18)13-9(2)12(8-16(13)15)10-4-6-11(7-5-10)17(19)20/h5-12H,4H2,1-3H3,(H2,24,25,29);4-8H,3,15H2,1-2H3. The second-order valence-electron chi connectivity index (χ2n) is 11.2. The third-order valence-electron chi connectivity index (χ3n) is 7.91. The molecule has 3 aromatic carbocycles. The van der Waals surface area contributed by atoms with Crippen LogP contribution in [0.15, 0.2) is 79.1 Å². The van der Waals surface area contributed by atoms with Gasteiger partial charge in [0.1, 0.15) is 0 Å². The number of carbonyl (C=O) groups excluding carboxylic acids is 3. The van der Waals surface area contributed by atoms with Gasteiger partial charge in [-0.25, -0.2) is 24.2 Å². The molecule has 0 radical (unpaired) electrons. The van der Waals surface area contributed by atoms with Crippen LogP contribution in [-0.4, -0.2) is 57.5 Å². The van der Waals surface area contributed by atoms with E-state index in [2.05, 4.69) is 10.7 Å². The van der Waals surface area contributed by atoms with Crippen LogP contribution in [0.2, 0.25) is 0 Å². The number of hydrogen-bond acceptors (Lipinski definition) is 11. The van der Waals surface area contributed by atoms with Crippen LogP contribution in [0, 0.1) is 39.9 Å². The highest BCUT2D eigenvalue weighted by molar-refractivity contribution is 5.98. The maximum absolute atomic E-state index is 14.4. The van der Waals surface area contributed by atoms with Crippen molar-refractivity contribution in [1.82, 2.24) is 9.35 Å². The highest BCUT2D eigenvalue weighted by Crippen LogP contribution is 2.31. The number of nitro groups is 2. The largest absolute Gasteiger partial charge is 0.494 e. The van der Waals surface area contributed by atoms with Crippen LogP contribution in [0.3, 0.4) is 0 Å². The SMILES string of the molecule is CCOC(=O)c1c(C)c(-c2ccc([N+](=O)[O-])cc2)cn1N.CCOC(=O)c1c(C)c(-c2ccc([N+](=O)[O-])cc2)cn1NC(=O)Nc1cccc(OC)c1F. The van der Waals surface area contributed by atoms with Crippen molar-refractivity contribution in [2.75, 3.05) is 36.9 Å². The zero-order valence-corrected chi connectivity index (χ0v) is 29.7. The fourth-order valence-corrected chi connectivity index (χ4v) is 5.35. The molecule has 5 aromatic rings. The number of amides is 2. The van der Waals surface area contributed by atoms with Crippen LogP contribution >= 0.6 is 0 Å². The number of nitro benzene ring substituents is 2. The number of halogens is 1. The number of carbonyl (C=O) groups is 3. The molecule has 17 nitrogen and oxygen atoms in total. The number of nitrogens with two attached hydrogens (primary N) is 1. The first-order valence-electron chi connectivity index (χ1n) is 16.2. The Morgan fingerprint density at radius 2 is 1.26 bits per heavy atom. The first-order valence-corrected chi connectivity index (χ1v) is 16.2. The van der Waals surface area contributed by atoms with Crippen molar-refractivity contribution < 1.29 is 42.8 Å². The van der Waals surface area contributed by atoms with Crippen molar-refractivity contribution in [3.05, 3.63) is 128 Å². The number of hydrogen-bond donors (Lipinski definition) is 3. The van der Waals surface area contributed by atoms with E-state index in [1.807, 2.05) is 0 Å². The average molecular weight is 746 g/mol. The molecule has 0 saturated heterocycles. The first-order chi connectivity index (χ1) is 25.7. The summed E-state index contributed by atoms with van der Waals surface area (Å²) in [6, 6.07) is 15.2. The summed E-state index contributed by atoms with van der Waals surface area (Å²) >= 11 is 0. The lowest BCUT2D eigenvalue weighted by molar-refractivity contribution is -0.385. The highest BCUT2D eigenvalue weighted by Gasteiger charge is 2.24. The predicted molar refractivity (Wildman–Crippen MR) is 196 cm³/mol. The van der Waals surface area contributed by atoms with E-state index in [9.17, 15) is 39.0 Å². The van der Waals surface area contributed by atoms with Gasteiger partial charge in [-0.15, -0.1) is 0 Å². The number of nitrogen functional groups attached to an aromatic ring is 1. The lowest BCUT2D eigenvalue weighted by Gasteiger charge is -2.13. The monoisotopic (exact) mass is 745 g/mol. The number of nitrogens with one attached hydrogen (secondary N) is 2. The van der Waals surface area contributed by atoms with Crippen molar-refractivity contribution in [2.45, 2.75) is 27.7 Å². The van der Waals surface area contributed by atoms with E-state index in [0.29, 0.717) is 22.3 Å². The van der Waals surface area contributed by atoms with Gasteiger partial charge in [0.2, 0.25) is 0 Å². The Morgan fingerprint density at radius 3 is 1.74 bits per heavy atom. The molecule has 0 aliphatic rings.